The van der Waals surface area contributed by atoms with Crippen molar-refractivity contribution in [2.75, 3.05) is 0 Å². The summed E-state index contributed by atoms with van der Waals surface area (Å²) in [6.45, 7) is 0. The molecular weight excluding hydrogens is 285 g/mol. The van der Waals surface area contributed by atoms with Crippen LogP contribution in [0, 0.1) is 0 Å². The van der Waals surface area contributed by atoms with Gasteiger partial charge < -0.3 is 0 Å². The smallest absolute Gasteiger partial charge is 0.273 e. The van der Waals surface area contributed by atoms with Gasteiger partial charge in [0.2, 0.25) is 0 Å². The molecule has 3 aromatic rings. The molecule has 0 bridgehead atoms. The molecule has 0 fully saturated rings. The lowest BCUT2D eigenvalue weighted by atomic mass is 10.1. The number of halogens is 2. The molecule has 0 amide bonds. The quantitative estimate of drug-likeness (QED) is 0.638. The number of rotatable bonds is 0. The van der Waals surface area contributed by atoms with Crippen LogP contribution < -0.4 is 11.0 Å². The van der Waals surface area contributed by atoms with Gasteiger partial charge in [0.05, 0.1) is 10.9 Å². The molecule has 1 heterocycles. The molecule has 0 aliphatic carbocycles. The Hall–Kier alpha value is -1.84. The van der Waals surface area contributed by atoms with Gasteiger partial charge in [-0.3, -0.25) is 9.59 Å². The molecule has 1 aromatic heterocycles. The highest BCUT2D eigenvalue weighted by Crippen LogP contribution is 2.17. The first kappa shape index (κ1) is 12.2. The highest BCUT2D eigenvalue weighted by molar-refractivity contribution is 6.31. The average Bonchev–Trinajstić information content (AvgIpc) is 2.51. The maximum Gasteiger partial charge on any atom is 0.273 e. The van der Waals surface area contributed by atoms with Crippen molar-refractivity contribution < 1.29 is 0 Å². The van der Waals surface area contributed by atoms with Crippen molar-refractivity contribution in [2.45, 2.75) is 0 Å². The molecule has 0 N–H and O–H groups in total. The summed E-state index contributed by atoms with van der Waals surface area (Å²) in [6, 6.07) is 11.3. The number of hydrogen-bond donors (Lipinski definition) is 0. The van der Waals surface area contributed by atoms with Crippen molar-refractivity contribution in [3.05, 3.63) is 68.1 Å². The molecule has 3 rings (SSSR count). The Morgan fingerprint density at radius 1 is 0.895 bits per heavy atom. The van der Waals surface area contributed by atoms with E-state index in [1.165, 1.54) is 6.07 Å². The lowest BCUT2D eigenvalue weighted by molar-refractivity contribution is 1.23. The lowest BCUT2D eigenvalue weighted by Gasteiger charge is -1.96. The van der Waals surface area contributed by atoms with Crippen molar-refractivity contribution in [1.82, 2.24) is 4.09 Å². The van der Waals surface area contributed by atoms with E-state index in [4.69, 9.17) is 23.4 Å². The SMILES string of the molecule is O=c1c2ccccc2c(=O)n(Cl)c2ccc(Cl)cc12. The van der Waals surface area contributed by atoms with E-state index in [1.54, 1.807) is 36.4 Å². The van der Waals surface area contributed by atoms with Gasteiger partial charge >= 0.3 is 0 Å². The van der Waals surface area contributed by atoms with Crippen LogP contribution in [0.2, 0.25) is 5.02 Å². The van der Waals surface area contributed by atoms with Gasteiger partial charge in [-0.15, -0.1) is 0 Å². The average molecular weight is 292 g/mol. The van der Waals surface area contributed by atoms with Crippen LogP contribution in [0.5, 0.6) is 0 Å². The molecule has 94 valence electrons. The van der Waals surface area contributed by atoms with E-state index in [0.29, 0.717) is 21.3 Å². The Morgan fingerprint density at radius 3 is 2.32 bits per heavy atom. The Morgan fingerprint density at radius 2 is 1.58 bits per heavy atom. The van der Waals surface area contributed by atoms with Gasteiger partial charge in [0, 0.05) is 27.6 Å². The number of nitrogens with zero attached hydrogens (tertiary/aromatic N) is 1. The molecule has 3 nitrogen and oxygen atoms in total. The van der Waals surface area contributed by atoms with Gasteiger partial charge in [-0.25, -0.2) is 4.09 Å². The zero-order valence-corrected chi connectivity index (χ0v) is 11.1. The molecule has 19 heavy (non-hydrogen) atoms. The molecule has 0 saturated carbocycles. The van der Waals surface area contributed by atoms with Gasteiger partial charge in [0.1, 0.15) is 0 Å². The van der Waals surface area contributed by atoms with Crippen LogP contribution in [0.4, 0.5) is 0 Å². The molecule has 0 spiro atoms. The zero-order valence-electron chi connectivity index (χ0n) is 9.56. The third-order valence-electron chi connectivity index (χ3n) is 3.00. The minimum Gasteiger partial charge on any atom is -0.289 e. The number of hydrogen-bond acceptors (Lipinski definition) is 2. The van der Waals surface area contributed by atoms with Crippen LogP contribution in [0.3, 0.4) is 0 Å². The predicted molar refractivity (Wildman–Crippen MR) is 78.2 cm³/mol. The molecule has 0 aliphatic heterocycles. The second-order valence-electron chi connectivity index (χ2n) is 4.12. The summed E-state index contributed by atoms with van der Waals surface area (Å²) < 4.78 is 0.954. The van der Waals surface area contributed by atoms with Gasteiger partial charge in [0.25, 0.3) is 5.56 Å². The molecule has 0 atom stereocenters. The third kappa shape index (κ3) is 1.82. The van der Waals surface area contributed by atoms with E-state index in [9.17, 15) is 9.59 Å². The number of benzene rings is 2. The molecule has 0 aliphatic rings. The normalized spacial score (nSPS) is 11.1. The third-order valence-corrected chi connectivity index (χ3v) is 3.57. The zero-order chi connectivity index (χ0) is 13.6. The summed E-state index contributed by atoms with van der Waals surface area (Å²) in [6.07, 6.45) is 0. The van der Waals surface area contributed by atoms with E-state index in [0.717, 1.165) is 4.09 Å². The predicted octanol–water partition coefficient (Wildman–Crippen LogP) is 3.17. The van der Waals surface area contributed by atoms with Crippen LogP contribution in [0.1, 0.15) is 0 Å². The van der Waals surface area contributed by atoms with Gasteiger partial charge in [-0.05, 0) is 24.3 Å². The minimum atomic E-state index is -0.424. The Labute approximate surface area is 117 Å². The fourth-order valence-corrected chi connectivity index (χ4v) is 2.50. The number of fused-ring (bicyclic) bond motifs is 2. The second-order valence-corrected chi connectivity index (χ2v) is 4.90. The second kappa shape index (κ2) is 4.37. The van der Waals surface area contributed by atoms with E-state index >= 15 is 0 Å². The first-order valence-electron chi connectivity index (χ1n) is 5.53. The van der Waals surface area contributed by atoms with E-state index in [1.807, 2.05) is 0 Å². The maximum atomic E-state index is 12.5. The molecule has 2 aromatic carbocycles. The molecule has 5 heteroatoms. The summed E-state index contributed by atoms with van der Waals surface area (Å²) in [7, 11) is 0. The standard InChI is InChI=1S/C14H7Cl2NO2/c15-8-5-6-12-11(7-8)13(18)9-3-1-2-4-10(9)14(19)17(12)16/h1-7H. The molecule has 0 radical (unpaired) electrons. The van der Waals surface area contributed by atoms with Crippen molar-refractivity contribution in [2.24, 2.45) is 0 Å². The van der Waals surface area contributed by atoms with Crippen LogP contribution in [-0.4, -0.2) is 4.09 Å². The van der Waals surface area contributed by atoms with E-state index in [2.05, 4.69) is 0 Å². The van der Waals surface area contributed by atoms with Crippen molar-refractivity contribution in [3.63, 3.8) is 0 Å². The summed E-state index contributed by atoms with van der Waals surface area (Å²) in [4.78, 5) is 24.7. The Bertz CT molecular complexity index is 932. The fourth-order valence-electron chi connectivity index (χ4n) is 2.09. The van der Waals surface area contributed by atoms with Gasteiger partial charge in [-0.2, -0.15) is 0 Å². The van der Waals surface area contributed by atoms with Crippen molar-refractivity contribution >= 4 is 45.1 Å². The van der Waals surface area contributed by atoms with E-state index in [-0.39, 0.29) is 10.8 Å². The highest BCUT2D eigenvalue weighted by Gasteiger charge is 2.09. The van der Waals surface area contributed by atoms with Crippen LogP contribution in [-0.2, 0) is 0 Å². The lowest BCUT2D eigenvalue weighted by Crippen LogP contribution is -2.09. The Balaban J connectivity index is 2.81. The van der Waals surface area contributed by atoms with Crippen LogP contribution in [0.15, 0.2) is 52.1 Å². The fraction of sp³-hybridized carbons (Fsp3) is 0. The van der Waals surface area contributed by atoms with Gasteiger partial charge in [-0.1, -0.05) is 29.8 Å². The minimum absolute atomic E-state index is 0.260. The van der Waals surface area contributed by atoms with E-state index < -0.39 is 5.56 Å². The topological polar surface area (TPSA) is 39.1 Å². The molecule has 0 unspecified atom stereocenters. The summed E-state index contributed by atoms with van der Waals surface area (Å²) >= 11 is 11.9. The van der Waals surface area contributed by atoms with Crippen molar-refractivity contribution in [3.8, 4) is 0 Å². The largest absolute Gasteiger partial charge is 0.289 e. The molecular formula is C14H7Cl2NO2. The number of aromatic nitrogens is 1. The van der Waals surface area contributed by atoms with Crippen LogP contribution >= 0.6 is 23.4 Å². The maximum absolute atomic E-state index is 12.5. The monoisotopic (exact) mass is 291 g/mol. The highest BCUT2D eigenvalue weighted by atomic mass is 35.5. The summed E-state index contributed by atoms with van der Waals surface area (Å²) in [5.74, 6) is 0. The summed E-state index contributed by atoms with van der Waals surface area (Å²) in [5.41, 5.74) is -0.339. The first-order chi connectivity index (χ1) is 9.09. The molecule has 0 saturated heterocycles. The first-order valence-corrected chi connectivity index (χ1v) is 6.24. The van der Waals surface area contributed by atoms with Gasteiger partial charge in [0.15, 0.2) is 5.43 Å². The van der Waals surface area contributed by atoms with Crippen molar-refractivity contribution in [1.29, 1.82) is 0 Å². The van der Waals surface area contributed by atoms with Crippen LogP contribution in [0.25, 0.3) is 21.7 Å². The Kier molecular flexibility index (Phi) is 2.81. The summed E-state index contributed by atoms with van der Waals surface area (Å²) in [5, 5.41) is 1.36.